The molecule has 0 bridgehead atoms. The summed E-state index contributed by atoms with van der Waals surface area (Å²) in [6.45, 7) is -2.84. The zero-order valence-corrected chi connectivity index (χ0v) is 13.8. The Balaban J connectivity index is 2.40. The molecule has 0 spiro atoms. The van der Waals surface area contributed by atoms with Gasteiger partial charge in [-0.05, 0) is 47.3 Å². The van der Waals surface area contributed by atoms with Crippen LogP contribution in [0.4, 0.5) is 0 Å². The fraction of sp³-hybridized carbons (Fsp3) is 0.133. The molecule has 0 aliphatic carbocycles. The van der Waals surface area contributed by atoms with Crippen molar-refractivity contribution in [1.82, 2.24) is 0 Å². The molecule has 0 amide bonds. The average Bonchev–Trinajstić information content (AvgIpc) is 2.44. The number of benzene rings is 2. The van der Waals surface area contributed by atoms with Crippen molar-refractivity contribution < 1.29 is 29.4 Å². The minimum atomic E-state index is -4.47. The van der Waals surface area contributed by atoms with Crippen LogP contribution in [-0.2, 0) is 4.57 Å². The Morgan fingerprint density at radius 2 is 1.74 bits per heavy atom. The molecule has 0 saturated carbocycles. The van der Waals surface area contributed by atoms with E-state index in [-0.39, 0.29) is 39.1 Å². The van der Waals surface area contributed by atoms with Crippen LogP contribution >= 0.6 is 18.2 Å². The third kappa shape index (κ3) is 4.59. The molecular weight excluding hydrogens is 339 g/mol. The molecule has 8 heteroatoms. The van der Waals surface area contributed by atoms with E-state index in [1.54, 1.807) is 19.1 Å². The van der Waals surface area contributed by atoms with Crippen LogP contribution in [0.25, 0.3) is 0 Å². The molecule has 0 heterocycles. The predicted octanol–water partition coefficient (Wildman–Crippen LogP) is 3.27. The predicted molar refractivity (Wildman–Crippen MR) is 86.9 cm³/mol. The standard InChI is InChI=1S/C15H15O6PS/c1-9(10-3-2-4-11(16)7-10)15(18)13-6-5-12(17)8-14(13)23-22(19,20)21/h2-9,16-17H,1H3,(H2,19,20,21). The number of Topliss-reactive ketones (excluding diaryl/α,β-unsaturated/α-hetero) is 1. The van der Waals surface area contributed by atoms with Gasteiger partial charge in [0.25, 0.3) is 0 Å². The van der Waals surface area contributed by atoms with E-state index in [1.807, 2.05) is 0 Å². The van der Waals surface area contributed by atoms with E-state index in [2.05, 4.69) is 0 Å². The zero-order valence-electron chi connectivity index (χ0n) is 12.1. The second kappa shape index (κ2) is 6.76. The molecule has 6 nitrogen and oxygen atoms in total. The summed E-state index contributed by atoms with van der Waals surface area (Å²) in [6, 6.07) is 9.98. The van der Waals surface area contributed by atoms with Gasteiger partial charge in [-0.3, -0.25) is 4.79 Å². The van der Waals surface area contributed by atoms with Gasteiger partial charge in [-0.1, -0.05) is 19.1 Å². The molecule has 122 valence electrons. The topological polar surface area (TPSA) is 115 Å². The van der Waals surface area contributed by atoms with Crippen molar-refractivity contribution in [3.63, 3.8) is 0 Å². The van der Waals surface area contributed by atoms with Crippen molar-refractivity contribution in [2.24, 2.45) is 0 Å². The summed E-state index contributed by atoms with van der Waals surface area (Å²) < 4.78 is 11.2. The molecule has 0 saturated heterocycles. The summed E-state index contributed by atoms with van der Waals surface area (Å²) in [7, 11) is 0. The normalized spacial score (nSPS) is 12.8. The number of ketones is 1. The molecule has 0 aromatic heterocycles. The lowest BCUT2D eigenvalue weighted by Gasteiger charge is -2.15. The maximum atomic E-state index is 12.6. The molecule has 2 rings (SSSR count). The number of carbonyl (C=O) groups excluding carboxylic acids is 1. The highest BCUT2D eigenvalue weighted by Gasteiger charge is 2.25. The van der Waals surface area contributed by atoms with Crippen LogP contribution in [0.5, 0.6) is 11.5 Å². The molecule has 0 radical (unpaired) electrons. The number of aromatic hydroxyl groups is 2. The van der Waals surface area contributed by atoms with Crippen molar-refractivity contribution in [3.8, 4) is 11.5 Å². The zero-order chi connectivity index (χ0) is 17.2. The third-order valence-corrected chi connectivity index (χ3v) is 5.29. The van der Waals surface area contributed by atoms with Crippen LogP contribution in [-0.4, -0.2) is 25.8 Å². The van der Waals surface area contributed by atoms with Crippen molar-refractivity contribution in [3.05, 3.63) is 53.6 Å². The van der Waals surface area contributed by atoms with E-state index in [1.165, 1.54) is 24.3 Å². The highest BCUT2D eigenvalue weighted by molar-refractivity contribution is 8.54. The number of rotatable bonds is 5. The maximum Gasteiger partial charge on any atom is 0.388 e. The Kier molecular flexibility index (Phi) is 5.16. The van der Waals surface area contributed by atoms with E-state index < -0.39 is 12.7 Å². The Morgan fingerprint density at radius 1 is 1.09 bits per heavy atom. The maximum absolute atomic E-state index is 12.6. The second-order valence-electron chi connectivity index (χ2n) is 4.94. The van der Waals surface area contributed by atoms with Gasteiger partial charge in [0.2, 0.25) is 0 Å². The summed E-state index contributed by atoms with van der Waals surface area (Å²) in [6.07, 6.45) is 0. The summed E-state index contributed by atoms with van der Waals surface area (Å²) >= 11 is 0.222. The Bertz CT molecular complexity index is 785. The van der Waals surface area contributed by atoms with Gasteiger partial charge in [0, 0.05) is 16.4 Å². The quantitative estimate of drug-likeness (QED) is 0.481. The number of phenolic OH excluding ortho intramolecular Hbond substituents is 2. The summed E-state index contributed by atoms with van der Waals surface area (Å²) in [4.78, 5) is 30.9. The lowest BCUT2D eigenvalue weighted by atomic mass is 9.92. The highest BCUT2D eigenvalue weighted by Crippen LogP contribution is 2.56. The highest BCUT2D eigenvalue weighted by atomic mass is 32.7. The second-order valence-corrected chi connectivity index (χ2v) is 8.52. The first-order valence-electron chi connectivity index (χ1n) is 6.58. The van der Waals surface area contributed by atoms with Gasteiger partial charge in [0.1, 0.15) is 11.5 Å². The average molecular weight is 354 g/mol. The summed E-state index contributed by atoms with van der Waals surface area (Å²) in [5.41, 5.74) is 0.683. The van der Waals surface area contributed by atoms with Gasteiger partial charge < -0.3 is 20.0 Å². The van der Waals surface area contributed by atoms with Gasteiger partial charge in [-0.25, -0.2) is 4.57 Å². The fourth-order valence-electron chi connectivity index (χ4n) is 2.10. The molecule has 2 aromatic rings. The van der Waals surface area contributed by atoms with Gasteiger partial charge in [0.05, 0.1) is 0 Å². The minimum absolute atomic E-state index is 0.00957. The number of carbonyl (C=O) groups is 1. The van der Waals surface area contributed by atoms with Crippen LogP contribution in [0.15, 0.2) is 47.4 Å². The summed E-state index contributed by atoms with van der Waals surface area (Å²) in [5.74, 6) is -1.16. The Morgan fingerprint density at radius 3 is 2.35 bits per heavy atom. The first-order valence-corrected chi connectivity index (χ1v) is 9.62. The molecular formula is C15H15O6PS. The first-order chi connectivity index (χ1) is 10.7. The number of phenols is 2. The SMILES string of the molecule is CC(C(=O)c1ccc(O)cc1SP(=O)(O)O)c1cccc(O)c1. The van der Waals surface area contributed by atoms with Crippen LogP contribution in [0.1, 0.15) is 28.8 Å². The Labute approximate surface area is 136 Å². The molecule has 4 N–H and O–H groups in total. The van der Waals surface area contributed by atoms with Crippen molar-refractivity contribution in [1.29, 1.82) is 0 Å². The summed E-state index contributed by atoms with van der Waals surface area (Å²) in [5, 5.41) is 19.0. The van der Waals surface area contributed by atoms with Crippen molar-refractivity contribution in [2.45, 2.75) is 17.7 Å². The van der Waals surface area contributed by atoms with Crippen molar-refractivity contribution in [2.75, 3.05) is 0 Å². The van der Waals surface area contributed by atoms with E-state index in [9.17, 15) is 19.6 Å². The van der Waals surface area contributed by atoms with Crippen molar-refractivity contribution >= 4 is 24.0 Å². The molecule has 0 aliphatic heterocycles. The number of hydrogen-bond acceptors (Lipinski definition) is 5. The molecule has 1 atom stereocenters. The molecule has 0 aliphatic rings. The minimum Gasteiger partial charge on any atom is -0.508 e. The lowest BCUT2D eigenvalue weighted by molar-refractivity contribution is 0.0963. The van der Waals surface area contributed by atoms with Crippen LogP contribution in [0.2, 0.25) is 0 Å². The Hall–Kier alpha value is -1.79. The molecule has 2 aromatic carbocycles. The number of hydrogen-bond donors (Lipinski definition) is 4. The van der Waals surface area contributed by atoms with Gasteiger partial charge in [-0.15, -0.1) is 0 Å². The molecule has 23 heavy (non-hydrogen) atoms. The monoisotopic (exact) mass is 354 g/mol. The van der Waals surface area contributed by atoms with Crippen LogP contribution < -0.4 is 0 Å². The first kappa shape index (κ1) is 17.6. The van der Waals surface area contributed by atoms with Gasteiger partial charge >= 0.3 is 6.80 Å². The van der Waals surface area contributed by atoms with Gasteiger partial charge in [-0.2, -0.15) is 0 Å². The van der Waals surface area contributed by atoms with Gasteiger partial charge in [0.15, 0.2) is 5.78 Å². The van der Waals surface area contributed by atoms with Crippen LogP contribution in [0.3, 0.4) is 0 Å². The lowest BCUT2D eigenvalue weighted by Crippen LogP contribution is -2.10. The van der Waals surface area contributed by atoms with E-state index in [0.717, 1.165) is 6.07 Å². The van der Waals surface area contributed by atoms with Crippen LogP contribution in [0, 0.1) is 0 Å². The van der Waals surface area contributed by atoms with E-state index >= 15 is 0 Å². The van der Waals surface area contributed by atoms with E-state index in [0.29, 0.717) is 5.56 Å². The van der Waals surface area contributed by atoms with E-state index in [4.69, 9.17) is 9.79 Å². The smallest absolute Gasteiger partial charge is 0.388 e. The fourth-order valence-corrected chi connectivity index (χ4v) is 4.02. The third-order valence-electron chi connectivity index (χ3n) is 3.21. The largest absolute Gasteiger partial charge is 0.508 e. The molecule has 1 unspecified atom stereocenters. The molecule has 0 fully saturated rings.